The predicted molar refractivity (Wildman–Crippen MR) is 123 cm³/mol. The van der Waals surface area contributed by atoms with Crippen LogP contribution >= 0.6 is 0 Å². The number of nitrogens with zero attached hydrogens (tertiary/aromatic N) is 1. The fraction of sp³-hybridized carbons (Fsp3) is 0.370. The number of unbranched alkanes of at least 4 members (excludes halogenated alkanes) is 1. The Morgan fingerprint density at radius 1 is 0.821 bits per heavy atom. The van der Waals surface area contributed by atoms with Gasteiger partial charge in [0.2, 0.25) is 0 Å². The standard InChI is InChI=1S/C25H29N.C2H6/c1-19(23-13-5-4-6-14-23)10-7-8-12-22-15-16-24(21(3)18-22)25-20(2)11-9-17-26-25;1-2/h4-6,9,11,13-19H,7-8,10,12H2,1-3H3;1-2H3. The molecule has 0 N–H and O–H groups in total. The first-order valence-corrected chi connectivity index (χ1v) is 10.7. The van der Waals surface area contributed by atoms with E-state index in [0.29, 0.717) is 5.92 Å². The van der Waals surface area contributed by atoms with E-state index < -0.39 is 0 Å². The summed E-state index contributed by atoms with van der Waals surface area (Å²) in [5, 5.41) is 0. The molecule has 0 spiro atoms. The molecular weight excluding hydrogens is 338 g/mol. The lowest BCUT2D eigenvalue weighted by molar-refractivity contribution is 0.604. The Kier molecular flexibility index (Phi) is 8.94. The molecule has 0 amide bonds. The minimum Gasteiger partial charge on any atom is -0.256 e. The van der Waals surface area contributed by atoms with Gasteiger partial charge >= 0.3 is 0 Å². The number of aromatic nitrogens is 1. The van der Waals surface area contributed by atoms with Gasteiger partial charge in [-0.3, -0.25) is 4.98 Å². The highest BCUT2D eigenvalue weighted by Crippen LogP contribution is 2.26. The fourth-order valence-electron chi connectivity index (χ4n) is 3.64. The average Bonchev–Trinajstić information content (AvgIpc) is 2.74. The van der Waals surface area contributed by atoms with E-state index in [1.54, 1.807) is 0 Å². The predicted octanol–water partition coefficient (Wildman–Crippen LogP) is 7.91. The maximum atomic E-state index is 4.56. The van der Waals surface area contributed by atoms with Crippen molar-refractivity contribution in [3.05, 3.63) is 89.1 Å². The first-order valence-electron chi connectivity index (χ1n) is 10.7. The molecule has 0 aliphatic rings. The van der Waals surface area contributed by atoms with Gasteiger partial charge in [0.25, 0.3) is 0 Å². The van der Waals surface area contributed by atoms with Gasteiger partial charge in [0, 0.05) is 11.8 Å². The molecule has 3 rings (SSSR count). The number of hydrogen-bond acceptors (Lipinski definition) is 1. The van der Waals surface area contributed by atoms with Gasteiger partial charge in [-0.25, -0.2) is 0 Å². The normalized spacial score (nSPS) is 11.5. The Morgan fingerprint density at radius 2 is 1.57 bits per heavy atom. The molecule has 2 aromatic carbocycles. The van der Waals surface area contributed by atoms with Crippen molar-refractivity contribution in [2.24, 2.45) is 0 Å². The van der Waals surface area contributed by atoms with Crippen LogP contribution in [0.4, 0.5) is 0 Å². The Morgan fingerprint density at radius 3 is 2.25 bits per heavy atom. The van der Waals surface area contributed by atoms with Gasteiger partial charge in [0.05, 0.1) is 5.69 Å². The van der Waals surface area contributed by atoms with E-state index in [4.69, 9.17) is 0 Å². The lowest BCUT2D eigenvalue weighted by Gasteiger charge is -2.12. The van der Waals surface area contributed by atoms with E-state index in [0.717, 1.165) is 12.1 Å². The van der Waals surface area contributed by atoms with Crippen molar-refractivity contribution in [2.45, 2.75) is 66.2 Å². The lowest BCUT2D eigenvalue weighted by Crippen LogP contribution is -1.95. The molecule has 0 fully saturated rings. The lowest BCUT2D eigenvalue weighted by atomic mass is 9.93. The van der Waals surface area contributed by atoms with Crippen molar-refractivity contribution in [1.29, 1.82) is 0 Å². The second-order valence-electron chi connectivity index (χ2n) is 7.38. The van der Waals surface area contributed by atoms with Crippen LogP contribution in [0.1, 0.15) is 68.2 Å². The molecule has 1 heterocycles. The Labute approximate surface area is 171 Å². The first kappa shape index (κ1) is 21.9. The molecule has 0 aliphatic carbocycles. The summed E-state index contributed by atoms with van der Waals surface area (Å²) in [4.78, 5) is 4.56. The zero-order valence-electron chi connectivity index (χ0n) is 18.2. The molecule has 0 saturated carbocycles. The first-order chi connectivity index (χ1) is 13.6. The fourth-order valence-corrected chi connectivity index (χ4v) is 3.64. The summed E-state index contributed by atoms with van der Waals surface area (Å²) in [5.74, 6) is 0.646. The second kappa shape index (κ2) is 11.4. The van der Waals surface area contributed by atoms with Crippen molar-refractivity contribution >= 4 is 0 Å². The minimum absolute atomic E-state index is 0.646. The molecule has 28 heavy (non-hydrogen) atoms. The molecule has 1 atom stereocenters. The summed E-state index contributed by atoms with van der Waals surface area (Å²) < 4.78 is 0. The maximum absolute atomic E-state index is 4.56. The van der Waals surface area contributed by atoms with Crippen molar-refractivity contribution < 1.29 is 0 Å². The summed E-state index contributed by atoms with van der Waals surface area (Å²) in [6, 6.07) is 21.8. The SMILES string of the molecule is CC.Cc1cc(CCCCC(C)c2ccccc2)ccc1-c1ncccc1C. The highest BCUT2D eigenvalue weighted by atomic mass is 14.7. The molecule has 1 aromatic heterocycles. The number of hydrogen-bond donors (Lipinski definition) is 0. The second-order valence-corrected chi connectivity index (χ2v) is 7.38. The van der Waals surface area contributed by atoms with E-state index in [9.17, 15) is 0 Å². The van der Waals surface area contributed by atoms with Crippen molar-refractivity contribution in [1.82, 2.24) is 4.98 Å². The van der Waals surface area contributed by atoms with Gasteiger partial charge in [0.15, 0.2) is 0 Å². The quantitative estimate of drug-likeness (QED) is 0.383. The summed E-state index contributed by atoms with van der Waals surface area (Å²) in [6.45, 7) is 10.7. The Bertz CT molecular complexity index is 836. The van der Waals surface area contributed by atoms with Crippen molar-refractivity contribution in [3.63, 3.8) is 0 Å². The summed E-state index contributed by atoms with van der Waals surface area (Å²) >= 11 is 0. The molecule has 1 nitrogen and oxygen atoms in total. The van der Waals surface area contributed by atoms with Crippen LogP contribution in [0, 0.1) is 13.8 Å². The molecular formula is C27H35N. The summed E-state index contributed by atoms with van der Waals surface area (Å²) in [6.07, 6.45) is 6.82. The van der Waals surface area contributed by atoms with Crippen LogP contribution in [0.5, 0.6) is 0 Å². The van der Waals surface area contributed by atoms with Crippen LogP contribution in [0.3, 0.4) is 0 Å². The smallest absolute Gasteiger partial charge is 0.0733 e. The van der Waals surface area contributed by atoms with Crippen LogP contribution in [0.2, 0.25) is 0 Å². The molecule has 148 valence electrons. The van der Waals surface area contributed by atoms with Gasteiger partial charge in [-0.2, -0.15) is 0 Å². The minimum atomic E-state index is 0.646. The molecule has 0 radical (unpaired) electrons. The third-order valence-electron chi connectivity index (χ3n) is 5.28. The zero-order chi connectivity index (χ0) is 20.4. The van der Waals surface area contributed by atoms with Crippen LogP contribution in [0.25, 0.3) is 11.3 Å². The van der Waals surface area contributed by atoms with Gasteiger partial charge in [-0.15, -0.1) is 0 Å². The zero-order valence-corrected chi connectivity index (χ0v) is 18.2. The van der Waals surface area contributed by atoms with Crippen LogP contribution in [-0.4, -0.2) is 4.98 Å². The molecule has 0 saturated heterocycles. The van der Waals surface area contributed by atoms with E-state index >= 15 is 0 Å². The monoisotopic (exact) mass is 373 g/mol. The van der Waals surface area contributed by atoms with E-state index in [-0.39, 0.29) is 0 Å². The molecule has 0 bridgehead atoms. The average molecular weight is 374 g/mol. The van der Waals surface area contributed by atoms with Crippen LogP contribution < -0.4 is 0 Å². The van der Waals surface area contributed by atoms with E-state index in [2.05, 4.69) is 80.4 Å². The number of rotatable bonds is 7. The van der Waals surface area contributed by atoms with Gasteiger partial charge in [0.1, 0.15) is 0 Å². The molecule has 1 heteroatoms. The number of benzene rings is 2. The van der Waals surface area contributed by atoms with Gasteiger partial charge in [-0.05, 0) is 67.3 Å². The van der Waals surface area contributed by atoms with Crippen molar-refractivity contribution in [3.8, 4) is 11.3 Å². The number of aryl methyl sites for hydroxylation is 3. The Balaban J connectivity index is 0.00000136. The topological polar surface area (TPSA) is 12.9 Å². The molecule has 0 aliphatic heterocycles. The van der Waals surface area contributed by atoms with Crippen LogP contribution in [0.15, 0.2) is 66.9 Å². The highest BCUT2D eigenvalue weighted by Gasteiger charge is 2.08. The third-order valence-corrected chi connectivity index (χ3v) is 5.28. The highest BCUT2D eigenvalue weighted by molar-refractivity contribution is 5.66. The summed E-state index contributed by atoms with van der Waals surface area (Å²) in [7, 11) is 0. The van der Waals surface area contributed by atoms with Gasteiger partial charge < -0.3 is 0 Å². The van der Waals surface area contributed by atoms with E-state index in [1.807, 2.05) is 26.1 Å². The molecule has 1 unspecified atom stereocenters. The van der Waals surface area contributed by atoms with Gasteiger partial charge in [-0.1, -0.05) is 81.8 Å². The maximum Gasteiger partial charge on any atom is 0.0733 e. The third kappa shape index (κ3) is 6.05. The van der Waals surface area contributed by atoms with E-state index in [1.165, 1.54) is 47.1 Å². The number of pyridine rings is 1. The summed E-state index contributed by atoms with van der Waals surface area (Å²) in [5.41, 5.74) is 7.81. The van der Waals surface area contributed by atoms with Crippen LogP contribution in [-0.2, 0) is 6.42 Å². The largest absolute Gasteiger partial charge is 0.256 e. The Hall–Kier alpha value is -2.41. The molecule has 3 aromatic rings. The van der Waals surface area contributed by atoms with Crippen molar-refractivity contribution in [2.75, 3.05) is 0 Å².